The lowest BCUT2D eigenvalue weighted by atomic mass is 10.0. The molecule has 0 saturated carbocycles. The Bertz CT molecular complexity index is 1100. The van der Waals surface area contributed by atoms with Crippen molar-refractivity contribution in [1.82, 2.24) is 9.88 Å². The number of ether oxygens (including phenoxy) is 2. The lowest BCUT2D eigenvalue weighted by Crippen LogP contribution is -2.53. The summed E-state index contributed by atoms with van der Waals surface area (Å²) in [4.78, 5) is 22.3. The molecule has 0 spiro atoms. The van der Waals surface area contributed by atoms with Gasteiger partial charge in [-0.2, -0.15) is 5.26 Å². The van der Waals surface area contributed by atoms with Gasteiger partial charge in [0.05, 0.1) is 36.9 Å². The summed E-state index contributed by atoms with van der Waals surface area (Å²) in [5, 5.41) is 15.7. The number of aryl methyl sites for hydroxylation is 1. The third kappa shape index (κ3) is 4.26. The van der Waals surface area contributed by atoms with Gasteiger partial charge in [0, 0.05) is 31.2 Å². The van der Waals surface area contributed by atoms with E-state index in [0.717, 1.165) is 37.3 Å². The van der Waals surface area contributed by atoms with E-state index in [1.165, 1.54) is 7.11 Å². The Morgan fingerprint density at radius 1 is 1.15 bits per heavy atom. The van der Waals surface area contributed by atoms with Gasteiger partial charge in [0.25, 0.3) is 0 Å². The molecular weight excluding hydrogens is 420 g/mol. The minimum absolute atomic E-state index is 0.358. The fourth-order valence-electron chi connectivity index (χ4n) is 4.97. The van der Waals surface area contributed by atoms with Crippen LogP contribution in [0.15, 0.2) is 18.2 Å². The molecule has 0 aliphatic carbocycles. The number of pyridine rings is 1. The summed E-state index contributed by atoms with van der Waals surface area (Å²) in [6.45, 7) is 5.65. The van der Waals surface area contributed by atoms with E-state index in [9.17, 15) is 10.1 Å². The van der Waals surface area contributed by atoms with Crippen molar-refractivity contribution in [2.75, 3.05) is 49.9 Å². The zero-order valence-corrected chi connectivity index (χ0v) is 19.7. The number of likely N-dealkylation sites (tertiary alicyclic amines) is 1. The number of hydrogen-bond donors (Lipinski definition) is 2. The maximum Gasteiger partial charge on any atom is 0.323 e. The zero-order valence-electron chi connectivity index (χ0n) is 19.7. The van der Waals surface area contributed by atoms with Crippen LogP contribution in [0.4, 0.5) is 22.0 Å². The summed E-state index contributed by atoms with van der Waals surface area (Å²) in [6, 6.07) is 7.76. The number of carbonyl (C=O) groups excluding carboxylic acids is 1. The number of carbonyl (C=O) groups is 1. The van der Waals surface area contributed by atoms with Crippen LogP contribution in [0, 0.1) is 25.2 Å². The number of rotatable bonds is 5. The van der Waals surface area contributed by atoms with Crippen molar-refractivity contribution < 1.29 is 14.3 Å². The summed E-state index contributed by atoms with van der Waals surface area (Å²) in [7, 11) is 5.23. The highest BCUT2D eigenvalue weighted by Crippen LogP contribution is 2.38. The van der Waals surface area contributed by atoms with Crippen molar-refractivity contribution in [2.24, 2.45) is 0 Å². The van der Waals surface area contributed by atoms with Gasteiger partial charge in [-0.05, 0) is 51.4 Å². The Kier molecular flexibility index (Phi) is 6.29. The third-order valence-electron chi connectivity index (χ3n) is 6.53. The number of amides is 2. The predicted molar refractivity (Wildman–Crippen MR) is 127 cm³/mol. The molecule has 2 unspecified atom stereocenters. The maximum atomic E-state index is 12.8. The van der Waals surface area contributed by atoms with Crippen LogP contribution in [0.25, 0.3) is 0 Å². The van der Waals surface area contributed by atoms with E-state index < -0.39 is 6.03 Å². The Morgan fingerprint density at radius 2 is 1.85 bits per heavy atom. The standard InChI is InChI=1S/C24H30N6O3/c1-14-19(11-25)23(30-16-6-7-17(30)13-29(3)12-16)26-15(2)22(14)28-24(31)27-20-9-8-18(32-4)10-21(20)33-5/h8-10,16-17H,6-7,12-13H2,1-5H3,(H2,27,28,31). The molecule has 3 heterocycles. The summed E-state index contributed by atoms with van der Waals surface area (Å²) >= 11 is 0. The number of hydrogen-bond acceptors (Lipinski definition) is 7. The molecule has 0 radical (unpaired) electrons. The number of nitrogens with one attached hydrogen (secondary N) is 2. The number of anilines is 3. The first-order chi connectivity index (χ1) is 15.9. The first-order valence-corrected chi connectivity index (χ1v) is 11.0. The van der Waals surface area contributed by atoms with Gasteiger partial charge in [-0.15, -0.1) is 0 Å². The molecule has 1 aromatic heterocycles. The molecule has 2 fully saturated rings. The van der Waals surface area contributed by atoms with Crippen LogP contribution in [-0.2, 0) is 0 Å². The molecule has 174 valence electrons. The SMILES string of the molecule is COc1ccc(NC(=O)Nc2c(C)nc(N3C4CCC3CN(C)C4)c(C#N)c2C)c(OC)c1. The van der Waals surface area contributed by atoms with Gasteiger partial charge in [-0.25, -0.2) is 9.78 Å². The number of benzene rings is 1. The first-order valence-electron chi connectivity index (χ1n) is 11.0. The summed E-state index contributed by atoms with van der Waals surface area (Å²) in [5.74, 6) is 1.84. The molecule has 2 N–H and O–H groups in total. The van der Waals surface area contributed by atoms with E-state index in [1.54, 1.807) is 25.3 Å². The van der Waals surface area contributed by atoms with Crippen molar-refractivity contribution in [2.45, 2.75) is 38.8 Å². The van der Waals surface area contributed by atoms with E-state index in [-0.39, 0.29) is 0 Å². The third-order valence-corrected chi connectivity index (χ3v) is 6.53. The Morgan fingerprint density at radius 3 is 2.45 bits per heavy atom. The second kappa shape index (κ2) is 9.16. The van der Waals surface area contributed by atoms with Gasteiger partial charge in [0.2, 0.25) is 0 Å². The molecule has 1 aromatic carbocycles. The monoisotopic (exact) mass is 450 g/mol. The molecule has 2 bridgehead atoms. The number of piperazine rings is 1. The molecule has 2 atom stereocenters. The molecule has 9 nitrogen and oxygen atoms in total. The normalized spacial score (nSPS) is 19.7. The van der Waals surface area contributed by atoms with E-state index in [1.807, 2.05) is 13.8 Å². The molecule has 9 heteroatoms. The molecule has 2 saturated heterocycles. The number of fused-ring (bicyclic) bond motifs is 2. The van der Waals surface area contributed by atoms with Crippen molar-refractivity contribution in [3.63, 3.8) is 0 Å². The zero-order chi connectivity index (χ0) is 23.7. The average molecular weight is 451 g/mol. The summed E-state index contributed by atoms with van der Waals surface area (Å²) in [6.07, 6.45) is 2.21. The second-order valence-electron chi connectivity index (χ2n) is 8.67. The summed E-state index contributed by atoms with van der Waals surface area (Å²) < 4.78 is 10.6. The van der Waals surface area contributed by atoms with Gasteiger partial charge < -0.3 is 29.9 Å². The highest BCUT2D eigenvalue weighted by molar-refractivity contribution is 6.02. The minimum Gasteiger partial charge on any atom is -0.497 e. The van der Waals surface area contributed by atoms with Crippen LogP contribution < -0.4 is 25.0 Å². The number of nitrogens with zero attached hydrogens (tertiary/aromatic N) is 4. The van der Waals surface area contributed by atoms with Crippen LogP contribution in [0.1, 0.15) is 29.7 Å². The molecule has 2 aliphatic rings. The Balaban J connectivity index is 1.60. The van der Waals surface area contributed by atoms with Gasteiger partial charge >= 0.3 is 6.03 Å². The van der Waals surface area contributed by atoms with Crippen molar-refractivity contribution >= 4 is 23.2 Å². The number of nitriles is 1. The fourth-order valence-corrected chi connectivity index (χ4v) is 4.97. The number of urea groups is 1. The topological polar surface area (TPSA) is 103 Å². The number of methoxy groups -OCH3 is 2. The van der Waals surface area contributed by atoms with Crippen LogP contribution in [0.2, 0.25) is 0 Å². The van der Waals surface area contributed by atoms with E-state index in [2.05, 4.69) is 33.6 Å². The molecule has 2 amide bonds. The highest BCUT2D eigenvalue weighted by atomic mass is 16.5. The summed E-state index contributed by atoms with van der Waals surface area (Å²) in [5.41, 5.74) is 2.96. The molecule has 2 aliphatic heterocycles. The van der Waals surface area contributed by atoms with Gasteiger partial charge in [0.15, 0.2) is 0 Å². The first kappa shape index (κ1) is 22.7. The predicted octanol–water partition coefficient (Wildman–Crippen LogP) is 3.51. The molecule has 33 heavy (non-hydrogen) atoms. The number of likely N-dealkylation sites (N-methyl/N-ethyl adjacent to an activating group) is 1. The minimum atomic E-state index is -0.442. The van der Waals surface area contributed by atoms with E-state index in [4.69, 9.17) is 14.5 Å². The van der Waals surface area contributed by atoms with Gasteiger partial charge in [-0.3, -0.25) is 0 Å². The Labute approximate surface area is 194 Å². The lowest BCUT2D eigenvalue weighted by Gasteiger charge is -2.41. The van der Waals surface area contributed by atoms with E-state index in [0.29, 0.717) is 46.2 Å². The maximum absolute atomic E-state index is 12.8. The number of aromatic nitrogens is 1. The van der Waals surface area contributed by atoms with E-state index >= 15 is 0 Å². The van der Waals surface area contributed by atoms with Crippen LogP contribution in [-0.4, -0.2) is 62.4 Å². The quantitative estimate of drug-likeness (QED) is 0.718. The van der Waals surface area contributed by atoms with Crippen molar-refractivity contribution in [1.29, 1.82) is 5.26 Å². The van der Waals surface area contributed by atoms with Gasteiger partial charge in [-0.1, -0.05) is 0 Å². The van der Waals surface area contributed by atoms with Gasteiger partial charge in [0.1, 0.15) is 23.4 Å². The van der Waals surface area contributed by atoms with Crippen LogP contribution >= 0.6 is 0 Å². The van der Waals surface area contributed by atoms with Crippen LogP contribution in [0.5, 0.6) is 11.5 Å². The smallest absolute Gasteiger partial charge is 0.323 e. The fraction of sp³-hybridized carbons (Fsp3) is 0.458. The second-order valence-corrected chi connectivity index (χ2v) is 8.67. The molecule has 4 rings (SSSR count). The largest absolute Gasteiger partial charge is 0.497 e. The van der Waals surface area contributed by atoms with Crippen molar-refractivity contribution in [3.8, 4) is 17.6 Å². The molecular formula is C24H30N6O3. The lowest BCUT2D eigenvalue weighted by molar-refractivity contribution is 0.262. The average Bonchev–Trinajstić information content (AvgIpc) is 3.07. The highest BCUT2D eigenvalue weighted by Gasteiger charge is 2.41. The Hall–Kier alpha value is -3.51. The van der Waals surface area contributed by atoms with Crippen molar-refractivity contribution in [3.05, 3.63) is 35.0 Å². The molecule has 2 aromatic rings. The van der Waals surface area contributed by atoms with Crippen LogP contribution in [0.3, 0.4) is 0 Å².